The van der Waals surface area contributed by atoms with Crippen molar-refractivity contribution in [2.45, 2.75) is 10.9 Å². The van der Waals surface area contributed by atoms with Crippen molar-refractivity contribution in [3.63, 3.8) is 0 Å². The Hall–Kier alpha value is -0.0804. The Bertz CT molecular complexity index is 361. The molecule has 0 radical (unpaired) electrons. The molecule has 0 spiro atoms. The summed E-state index contributed by atoms with van der Waals surface area (Å²) in [5.74, 6) is -0.107. The molecule has 14 heavy (non-hydrogen) atoms. The van der Waals surface area contributed by atoms with Gasteiger partial charge in [0, 0.05) is 0 Å². The van der Waals surface area contributed by atoms with Crippen LogP contribution in [0.15, 0.2) is 30.3 Å². The van der Waals surface area contributed by atoms with Crippen molar-refractivity contribution in [3.05, 3.63) is 30.3 Å². The van der Waals surface area contributed by atoms with Crippen molar-refractivity contribution in [3.8, 4) is 0 Å². The minimum absolute atomic E-state index is 0.107. The molecule has 0 bridgehead atoms. The van der Waals surface area contributed by atoms with Crippen LogP contribution >= 0.6 is 0 Å². The Labute approximate surface area is 94.4 Å². The van der Waals surface area contributed by atoms with E-state index >= 15 is 0 Å². The van der Waals surface area contributed by atoms with Gasteiger partial charge in [0.2, 0.25) is 0 Å². The van der Waals surface area contributed by atoms with Crippen LogP contribution in [0.25, 0.3) is 0 Å². The fourth-order valence-electron chi connectivity index (χ4n) is 0.948. The van der Waals surface area contributed by atoms with E-state index in [9.17, 15) is 8.42 Å². The Balaban J connectivity index is 2.23. The van der Waals surface area contributed by atoms with E-state index in [2.05, 4.69) is 12.1 Å². The zero-order valence-electron chi connectivity index (χ0n) is 7.59. The van der Waals surface area contributed by atoms with Crippen molar-refractivity contribution < 1.29 is 13.0 Å². The van der Waals surface area contributed by atoms with Gasteiger partial charge in [-0.05, 0) is 0 Å². The second kappa shape index (κ2) is 5.72. The monoisotopic (exact) mass is 330 g/mol. The number of benzene rings is 1. The number of rotatable bonds is 5. The average Bonchev–Trinajstić information content (AvgIpc) is 2.13. The summed E-state index contributed by atoms with van der Waals surface area (Å²) in [4.78, 5) is 0. The van der Waals surface area contributed by atoms with Crippen molar-refractivity contribution in [1.82, 2.24) is 0 Å². The zero-order valence-corrected chi connectivity index (χ0v) is 10.7. The quantitative estimate of drug-likeness (QED) is 0.492. The molecule has 1 N–H and O–H groups in total. The van der Waals surface area contributed by atoms with E-state index in [1.807, 2.05) is 18.2 Å². The van der Waals surface area contributed by atoms with Crippen LogP contribution in [0.5, 0.6) is 0 Å². The number of hydrogen-bond donors (Lipinski definition) is 1. The molecular weight excluding hydrogens is 316 g/mol. The van der Waals surface area contributed by atoms with Gasteiger partial charge in [-0.15, -0.1) is 0 Å². The molecule has 0 saturated heterocycles. The summed E-state index contributed by atoms with van der Waals surface area (Å²) in [7, 11) is -3.76. The van der Waals surface area contributed by atoms with E-state index in [1.165, 1.54) is 3.61 Å². The van der Waals surface area contributed by atoms with Gasteiger partial charge >= 0.3 is 94.6 Å². The third-order valence-corrected chi connectivity index (χ3v) is 5.50. The Morgan fingerprint density at radius 2 is 1.86 bits per heavy atom. The molecule has 3 nitrogen and oxygen atoms in total. The molecule has 1 rings (SSSR count). The molecule has 0 amide bonds. The van der Waals surface area contributed by atoms with Crippen LogP contribution in [0.1, 0.15) is 6.42 Å². The van der Waals surface area contributed by atoms with Gasteiger partial charge in [-0.25, -0.2) is 0 Å². The van der Waals surface area contributed by atoms with Gasteiger partial charge in [0.25, 0.3) is 0 Å². The Kier molecular flexibility index (Phi) is 4.90. The topological polar surface area (TPSA) is 54.4 Å². The molecule has 5 heteroatoms. The third-order valence-electron chi connectivity index (χ3n) is 1.56. The predicted octanol–water partition coefficient (Wildman–Crippen LogP) is 0.712. The summed E-state index contributed by atoms with van der Waals surface area (Å²) in [5, 5.41) is 0. The maximum atomic E-state index is 10.4. The summed E-state index contributed by atoms with van der Waals surface area (Å²) < 4.78 is 31.6. The average molecular weight is 328 g/mol. The zero-order chi connectivity index (χ0) is 10.4. The van der Waals surface area contributed by atoms with Crippen LogP contribution < -0.4 is 3.61 Å². The third kappa shape index (κ3) is 5.61. The van der Waals surface area contributed by atoms with Gasteiger partial charge in [0.15, 0.2) is 0 Å². The van der Waals surface area contributed by atoms with Gasteiger partial charge in [0.1, 0.15) is 0 Å². The summed E-state index contributed by atoms with van der Waals surface area (Å²) in [6.45, 7) is 0. The van der Waals surface area contributed by atoms with Gasteiger partial charge in [-0.2, -0.15) is 0 Å². The van der Waals surface area contributed by atoms with Gasteiger partial charge in [-0.3, -0.25) is 0 Å². The van der Waals surface area contributed by atoms with Crippen LogP contribution in [0.2, 0.25) is 4.47 Å². The molecule has 0 atom stereocenters. The van der Waals surface area contributed by atoms with Gasteiger partial charge < -0.3 is 0 Å². The maximum absolute atomic E-state index is 10.4. The first-order valence-electron chi connectivity index (χ1n) is 4.21. The van der Waals surface area contributed by atoms with Gasteiger partial charge in [0.05, 0.1) is 0 Å². The first-order valence-corrected chi connectivity index (χ1v) is 8.63. The Morgan fingerprint density at radius 1 is 1.21 bits per heavy atom. The van der Waals surface area contributed by atoms with E-state index in [1.54, 1.807) is 0 Å². The molecule has 0 fully saturated rings. The second-order valence-corrected chi connectivity index (χ2v) is 7.71. The Morgan fingerprint density at radius 3 is 2.43 bits per heavy atom. The van der Waals surface area contributed by atoms with Crippen molar-refractivity contribution in [2.24, 2.45) is 0 Å². The molecule has 0 aromatic heterocycles. The second-order valence-electron chi connectivity index (χ2n) is 2.80. The normalized spacial score (nSPS) is 11.5. The van der Waals surface area contributed by atoms with Crippen LogP contribution in [0, 0.1) is 0 Å². The van der Waals surface area contributed by atoms with E-state index in [0.29, 0.717) is 6.42 Å². The molecule has 0 aliphatic carbocycles. The van der Waals surface area contributed by atoms with Crippen LogP contribution in [-0.4, -0.2) is 39.6 Å². The van der Waals surface area contributed by atoms with Crippen molar-refractivity contribution in [1.29, 1.82) is 0 Å². The molecule has 1 aromatic rings. The van der Waals surface area contributed by atoms with Crippen molar-refractivity contribution in [2.75, 3.05) is 5.75 Å². The standard InChI is InChI=1S/C9H12O3STe/c10-13(11,12)7-4-8-14-9-5-2-1-3-6-9/h1-3,5-6H,4,7-8H2,(H,10,11,12). The summed E-state index contributed by atoms with van der Waals surface area (Å²) in [6, 6.07) is 10.1. The van der Waals surface area contributed by atoms with Crippen LogP contribution in [0.4, 0.5) is 0 Å². The van der Waals surface area contributed by atoms with E-state index in [4.69, 9.17) is 4.55 Å². The predicted molar refractivity (Wildman–Crippen MR) is 57.7 cm³/mol. The molecule has 0 saturated carbocycles. The number of hydrogen-bond acceptors (Lipinski definition) is 2. The fraction of sp³-hybridized carbons (Fsp3) is 0.333. The van der Waals surface area contributed by atoms with Gasteiger partial charge in [-0.1, -0.05) is 0 Å². The van der Waals surface area contributed by atoms with Crippen LogP contribution in [-0.2, 0) is 10.1 Å². The molecule has 1 aromatic carbocycles. The minimum atomic E-state index is -3.76. The van der Waals surface area contributed by atoms with E-state index in [0.717, 1.165) is 4.47 Å². The summed E-state index contributed by atoms with van der Waals surface area (Å²) >= 11 is -0.278. The van der Waals surface area contributed by atoms with E-state index < -0.39 is 10.1 Å². The summed E-state index contributed by atoms with van der Waals surface area (Å²) in [5.41, 5.74) is 0. The molecule has 0 aliphatic rings. The molecule has 78 valence electrons. The molecular formula is C9H12O3STe. The molecule has 0 heterocycles. The van der Waals surface area contributed by atoms with E-state index in [-0.39, 0.29) is 26.7 Å². The molecule has 0 aliphatic heterocycles. The first kappa shape index (κ1) is 12.0. The fourth-order valence-corrected chi connectivity index (χ4v) is 4.52. The molecule has 0 unspecified atom stereocenters. The van der Waals surface area contributed by atoms with Crippen molar-refractivity contribution >= 4 is 34.7 Å². The first-order chi connectivity index (χ1) is 6.58. The SMILES string of the molecule is O=S(=O)(O)CCC[Te]c1ccccc1. The summed E-state index contributed by atoms with van der Waals surface area (Å²) in [6.07, 6.45) is 0.565. The van der Waals surface area contributed by atoms with Crippen LogP contribution in [0.3, 0.4) is 0 Å².